The molecule has 0 saturated carbocycles. The van der Waals surface area contributed by atoms with E-state index in [1.54, 1.807) is 44.2 Å². The molecular formula is C44H47N5O7. The van der Waals surface area contributed by atoms with E-state index in [1.165, 1.54) is 6.08 Å². The minimum absolute atomic E-state index is 0.122. The molecule has 0 radical (unpaired) electrons. The predicted molar refractivity (Wildman–Crippen MR) is 208 cm³/mol. The number of esters is 2. The number of rotatable bonds is 12. The molecule has 3 fully saturated rings. The minimum Gasteiger partial charge on any atom is -0.462 e. The third-order valence-electron chi connectivity index (χ3n) is 10.7. The van der Waals surface area contributed by atoms with Gasteiger partial charge in [-0.1, -0.05) is 0 Å². The van der Waals surface area contributed by atoms with E-state index in [2.05, 4.69) is 21.6 Å². The fraction of sp³-hybridized carbons (Fsp3) is 0.386. The average Bonchev–Trinajstić information content (AvgIpc) is 3.92. The number of carbonyl (C=O) groups is 3. The molecule has 2 aromatic carbocycles. The number of aryl methyl sites for hydroxylation is 1. The average molecular weight is 758 g/mol. The van der Waals surface area contributed by atoms with Crippen molar-refractivity contribution in [2.45, 2.75) is 71.6 Å². The smallest absolute Gasteiger partial charge is 0.345 e. The highest BCUT2D eigenvalue weighted by molar-refractivity contribution is 6.17. The van der Waals surface area contributed by atoms with Gasteiger partial charge < -0.3 is 28.5 Å². The van der Waals surface area contributed by atoms with E-state index in [1.807, 2.05) is 54.8 Å². The van der Waals surface area contributed by atoms with Crippen LogP contribution in [0.3, 0.4) is 0 Å². The van der Waals surface area contributed by atoms with Crippen LogP contribution < -0.4 is 0 Å². The molecule has 0 amide bonds. The van der Waals surface area contributed by atoms with Crippen molar-refractivity contribution in [2.24, 2.45) is 5.92 Å². The monoisotopic (exact) mass is 757 g/mol. The summed E-state index contributed by atoms with van der Waals surface area (Å²) in [5, 5.41) is 28.3. The van der Waals surface area contributed by atoms with E-state index in [9.17, 15) is 19.5 Å². The number of aliphatic hydroxyl groups is 1. The Morgan fingerprint density at radius 1 is 0.857 bits per heavy atom. The summed E-state index contributed by atoms with van der Waals surface area (Å²) in [5.41, 5.74) is 7.13. The van der Waals surface area contributed by atoms with Crippen LogP contribution in [0, 0.1) is 42.4 Å². The Labute approximate surface area is 327 Å². The number of benzene rings is 2. The van der Waals surface area contributed by atoms with Crippen LogP contribution >= 0.6 is 0 Å². The fourth-order valence-corrected chi connectivity index (χ4v) is 7.89. The van der Waals surface area contributed by atoms with Crippen LogP contribution in [0.5, 0.6) is 0 Å². The Hall–Kier alpha value is -5.79. The summed E-state index contributed by atoms with van der Waals surface area (Å²) in [4.78, 5) is 39.9. The van der Waals surface area contributed by atoms with Crippen LogP contribution in [0.2, 0.25) is 0 Å². The lowest BCUT2D eigenvalue weighted by Gasteiger charge is -2.26. The molecular weight excluding hydrogens is 711 g/mol. The van der Waals surface area contributed by atoms with Crippen molar-refractivity contribution in [3.63, 3.8) is 0 Å². The summed E-state index contributed by atoms with van der Waals surface area (Å²) in [6.45, 7) is 9.46. The molecule has 0 spiro atoms. The summed E-state index contributed by atoms with van der Waals surface area (Å²) < 4.78 is 19.3. The lowest BCUT2D eigenvalue weighted by Crippen LogP contribution is -2.36. The van der Waals surface area contributed by atoms with Crippen LogP contribution in [0.15, 0.2) is 72.3 Å². The normalized spacial score (nSPS) is 18.5. The highest BCUT2D eigenvalue weighted by Crippen LogP contribution is 2.38. The minimum atomic E-state index is -0.726. The first kappa shape index (κ1) is 39.9. The summed E-state index contributed by atoms with van der Waals surface area (Å²) in [7, 11) is 0. The molecule has 4 aromatic rings. The van der Waals surface area contributed by atoms with Gasteiger partial charge in [-0.05, 0) is 126 Å². The third kappa shape index (κ3) is 8.53. The van der Waals surface area contributed by atoms with E-state index >= 15 is 0 Å². The van der Waals surface area contributed by atoms with Gasteiger partial charge >= 0.3 is 11.9 Å². The molecule has 3 aliphatic heterocycles. The molecule has 5 heterocycles. The standard InChI is InChI=1S/C24H27N3O3.C20H20N2O4/c1-15-21(24(29)12-26-19-6-7-22(26)23(28)10-19)9-20(8-17-13-30-14-17)27(15)18-4-2-16(11-25)3-5-18;1-4-25-19(23)18(20(24)26-5-2)12-17-9-6-14(3)22(17)16-10-7-15(13-21)8-11-16/h2-5,9,17,19,22-23,28H,6-8,10,12-14H2,1H3;6-12H,4-5H2,1-3H3/t19?,22?,23-;/m0./s1. The number of hydrogen-bond donors (Lipinski definition) is 1. The number of aromatic nitrogens is 2. The number of Topliss-reactive ketones (excluding diaryl/α,β-unsaturated/α-hetero) is 1. The number of nitrogens with zero attached hydrogens (tertiary/aromatic N) is 5. The number of hydrogen-bond acceptors (Lipinski definition) is 10. The first-order valence-electron chi connectivity index (χ1n) is 19.1. The largest absolute Gasteiger partial charge is 0.462 e. The number of fused-ring (bicyclic) bond motifs is 2. The maximum atomic E-state index is 13.3. The molecule has 12 nitrogen and oxygen atoms in total. The molecule has 56 heavy (non-hydrogen) atoms. The molecule has 3 saturated heterocycles. The van der Waals surface area contributed by atoms with Crippen molar-refractivity contribution >= 4 is 23.8 Å². The molecule has 12 heteroatoms. The lowest BCUT2D eigenvalue weighted by molar-refractivity contribution is -0.146. The van der Waals surface area contributed by atoms with Crippen LogP contribution in [0.1, 0.15) is 77.4 Å². The van der Waals surface area contributed by atoms with Gasteiger partial charge in [0.15, 0.2) is 5.78 Å². The van der Waals surface area contributed by atoms with Crippen LogP contribution in [-0.4, -0.2) is 88.0 Å². The van der Waals surface area contributed by atoms with Gasteiger partial charge in [0.1, 0.15) is 5.57 Å². The third-order valence-corrected chi connectivity index (χ3v) is 10.7. The van der Waals surface area contributed by atoms with Gasteiger partial charge in [0.25, 0.3) is 0 Å². The highest BCUT2D eigenvalue weighted by atomic mass is 16.6. The molecule has 7 rings (SSSR count). The summed E-state index contributed by atoms with van der Waals surface area (Å²) in [6, 6.07) is 25.0. The zero-order valence-electron chi connectivity index (χ0n) is 32.2. The van der Waals surface area contributed by atoms with Gasteiger partial charge in [-0.25, -0.2) is 9.59 Å². The van der Waals surface area contributed by atoms with Crippen molar-refractivity contribution in [2.75, 3.05) is 33.0 Å². The van der Waals surface area contributed by atoms with E-state index in [0.717, 1.165) is 72.9 Å². The number of aliphatic hydroxyl groups excluding tert-OH is 1. The first-order valence-corrected chi connectivity index (χ1v) is 19.1. The number of ether oxygens (including phenoxy) is 3. The van der Waals surface area contributed by atoms with Crippen molar-refractivity contribution < 1.29 is 33.7 Å². The van der Waals surface area contributed by atoms with Crippen molar-refractivity contribution in [1.82, 2.24) is 14.0 Å². The van der Waals surface area contributed by atoms with E-state index in [-0.39, 0.29) is 36.7 Å². The summed E-state index contributed by atoms with van der Waals surface area (Å²) in [5.74, 6) is -0.853. The zero-order chi connectivity index (χ0) is 39.9. The highest BCUT2D eigenvalue weighted by Gasteiger charge is 2.46. The number of nitriles is 2. The second-order valence-corrected chi connectivity index (χ2v) is 14.3. The Morgan fingerprint density at radius 3 is 1.93 bits per heavy atom. The maximum Gasteiger partial charge on any atom is 0.345 e. The Balaban J connectivity index is 0.000000192. The molecule has 2 bridgehead atoms. The summed E-state index contributed by atoms with van der Waals surface area (Å²) in [6.07, 6.45) is 4.87. The lowest BCUT2D eigenvalue weighted by atomic mass is 9.98. The van der Waals surface area contributed by atoms with E-state index in [4.69, 9.17) is 24.7 Å². The van der Waals surface area contributed by atoms with E-state index < -0.39 is 11.9 Å². The Morgan fingerprint density at radius 2 is 1.45 bits per heavy atom. The maximum absolute atomic E-state index is 13.3. The molecule has 2 unspecified atom stereocenters. The SMILES string of the molecule is CCOC(=O)C(=Cc1ccc(C)n1-c1ccc(C#N)cc1)C(=O)OCC.Cc1c(C(=O)CN2C3CCC2[C@@H](O)C3)cc(CC2COC2)n1-c1ccc(C#N)cc1. The van der Waals surface area contributed by atoms with Gasteiger partial charge in [0.05, 0.1) is 62.3 Å². The first-order chi connectivity index (χ1) is 27.1. The number of carbonyl (C=O) groups excluding carboxylic acids is 3. The molecule has 1 N–H and O–H groups in total. The predicted octanol–water partition coefficient (Wildman–Crippen LogP) is 5.79. The van der Waals surface area contributed by atoms with Crippen molar-refractivity contribution in [3.05, 3.63) is 112 Å². The van der Waals surface area contributed by atoms with E-state index in [0.29, 0.717) is 35.3 Å². The molecule has 290 valence electrons. The fourth-order valence-electron chi connectivity index (χ4n) is 7.89. The Kier molecular flexibility index (Phi) is 12.7. The topological polar surface area (TPSA) is 160 Å². The quantitative estimate of drug-likeness (QED) is 0.0616. The van der Waals surface area contributed by atoms with Crippen LogP contribution in [-0.2, 0) is 30.2 Å². The van der Waals surface area contributed by atoms with Gasteiger partial charge in [-0.15, -0.1) is 0 Å². The number of ketones is 1. The molecule has 3 aliphatic rings. The van der Waals surface area contributed by atoms with Gasteiger partial charge in [-0.2, -0.15) is 10.5 Å². The zero-order valence-corrected chi connectivity index (χ0v) is 32.2. The Bertz CT molecular complexity index is 2160. The van der Waals surface area contributed by atoms with Crippen molar-refractivity contribution in [3.8, 4) is 23.5 Å². The molecule has 2 aromatic heterocycles. The molecule has 3 atom stereocenters. The molecule has 0 aliphatic carbocycles. The second kappa shape index (κ2) is 17.8. The summed E-state index contributed by atoms with van der Waals surface area (Å²) >= 11 is 0. The van der Waals surface area contributed by atoms with Gasteiger partial charge in [0, 0.05) is 57.7 Å². The van der Waals surface area contributed by atoms with Crippen molar-refractivity contribution in [1.29, 1.82) is 10.5 Å². The van der Waals surface area contributed by atoms with Gasteiger partial charge in [-0.3, -0.25) is 9.69 Å². The van der Waals surface area contributed by atoms with Gasteiger partial charge in [0.2, 0.25) is 0 Å². The van der Waals surface area contributed by atoms with Crippen LogP contribution in [0.4, 0.5) is 0 Å². The second-order valence-electron chi connectivity index (χ2n) is 14.3. The van der Waals surface area contributed by atoms with Crippen LogP contribution in [0.25, 0.3) is 17.5 Å².